The van der Waals surface area contributed by atoms with Gasteiger partial charge in [0.1, 0.15) is 12.4 Å². The molecule has 0 saturated carbocycles. The number of carbonyl (C=O) groups excluding carboxylic acids is 1. The van der Waals surface area contributed by atoms with Gasteiger partial charge in [0.2, 0.25) is 0 Å². The molecule has 0 unspecified atom stereocenters. The van der Waals surface area contributed by atoms with Gasteiger partial charge in [-0.05, 0) is 12.1 Å². The van der Waals surface area contributed by atoms with Crippen LogP contribution in [0, 0.1) is 0 Å². The molecule has 0 fully saturated rings. The molecule has 0 aliphatic carbocycles. The van der Waals surface area contributed by atoms with Crippen molar-refractivity contribution < 1.29 is 19.4 Å². The Morgan fingerprint density at radius 3 is 2.84 bits per heavy atom. The number of carboxylic acids is 1. The second-order valence-electron chi connectivity index (χ2n) is 4.37. The molecule has 0 spiro atoms. The van der Waals surface area contributed by atoms with Gasteiger partial charge in [-0.3, -0.25) is 9.59 Å². The lowest BCUT2D eigenvalue weighted by molar-refractivity contribution is -0.137. The van der Waals surface area contributed by atoms with Crippen LogP contribution in [0.15, 0.2) is 29.8 Å². The Balaban J connectivity index is 2.09. The number of carbonyl (C=O) groups is 2. The highest BCUT2D eigenvalue weighted by Gasteiger charge is 2.20. The van der Waals surface area contributed by atoms with Crippen LogP contribution in [0.4, 0.5) is 0 Å². The number of para-hydroxylation sites is 1. The minimum absolute atomic E-state index is 0.0625. The second kappa shape index (κ2) is 5.56. The van der Waals surface area contributed by atoms with E-state index in [1.54, 1.807) is 13.1 Å². The van der Waals surface area contributed by atoms with Gasteiger partial charge in [-0.15, -0.1) is 0 Å². The minimum atomic E-state index is -0.918. The number of likely N-dealkylation sites (N-methyl/N-ethyl adjacent to an activating group) is 1. The summed E-state index contributed by atoms with van der Waals surface area (Å²) >= 11 is 0. The van der Waals surface area contributed by atoms with Crippen LogP contribution < -0.4 is 4.74 Å². The van der Waals surface area contributed by atoms with Crippen LogP contribution in [0.3, 0.4) is 0 Å². The van der Waals surface area contributed by atoms with Crippen LogP contribution in [0.5, 0.6) is 5.75 Å². The lowest BCUT2D eigenvalue weighted by Crippen LogP contribution is -2.32. The summed E-state index contributed by atoms with van der Waals surface area (Å²) in [4.78, 5) is 24.0. The number of rotatable bonds is 4. The molecule has 0 aromatic heterocycles. The Labute approximate surface area is 111 Å². The topological polar surface area (TPSA) is 66.8 Å². The third-order valence-corrected chi connectivity index (χ3v) is 2.91. The van der Waals surface area contributed by atoms with Crippen LogP contribution in [0.25, 0.3) is 6.08 Å². The summed E-state index contributed by atoms with van der Waals surface area (Å²) < 4.78 is 5.50. The van der Waals surface area contributed by atoms with E-state index in [9.17, 15) is 9.59 Å². The van der Waals surface area contributed by atoms with Crippen molar-refractivity contribution in [3.05, 3.63) is 35.4 Å². The van der Waals surface area contributed by atoms with Crippen molar-refractivity contribution in [1.29, 1.82) is 0 Å². The van der Waals surface area contributed by atoms with Gasteiger partial charge in [-0.25, -0.2) is 0 Å². The predicted octanol–water partition coefficient (Wildman–Crippen LogP) is 1.40. The monoisotopic (exact) mass is 261 g/mol. The fourth-order valence-corrected chi connectivity index (χ4v) is 1.85. The molecule has 1 aromatic carbocycles. The number of carboxylic acid groups (broad SMARTS) is 1. The number of aliphatic carboxylic acids is 1. The first kappa shape index (κ1) is 13.1. The van der Waals surface area contributed by atoms with Crippen molar-refractivity contribution in [3.8, 4) is 5.75 Å². The highest BCUT2D eigenvalue weighted by Crippen LogP contribution is 2.26. The molecule has 0 radical (unpaired) electrons. The summed E-state index contributed by atoms with van der Waals surface area (Å²) in [5, 5.41) is 8.61. The van der Waals surface area contributed by atoms with Crippen molar-refractivity contribution in [2.24, 2.45) is 0 Å². The van der Waals surface area contributed by atoms with E-state index in [2.05, 4.69) is 0 Å². The molecular formula is C14H15NO4. The second-order valence-corrected chi connectivity index (χ2v) is 4.37. The van der Waals surface area contributed by atoms with E-state index in [-0.39, 0.29) is 25.5 Å². The maximum absolute atomic E-state index is 12.1. The van der Waals surface area contributed by atoms with E-state index in [0.29, 0.717) is 5.57 Å². The molecule has 1 amide bonds. The van der Waals surface area contributed by atoms with Gasteiger partial charge in [-0.1, -0.05) is 18.2 Å². The van der Waals surface area contributed by atoms with Crippen LogP contribution in [-0.2, 0) is 9.59 Å². The Kier molecular flexibility index (Phi) is 3.85. The van der Waals surface area contributed by atoms with Crippen LogP contribution >= 0.6 is 0 Å². The first-order valence-electron chi connectivity index (χ1n) is 5.97. The maximum atomic E-state index is 12.1. The van der Waals surface area contributed by atoms with E-state index >= 15 is 0 Å². The molecule has 1 aliphatic heterocycles. The van der Waals surface area contributed by atoms with Crippen molar-refractivity contribution in [3.63, 3.8) is 0 Å². The quantitative estimate of drug-likeness (QED) is 0.889. The molecular weight excluding hydrogens is 246 g/mol. The van der Waals surface area contributed by atoms with Gasteiger partial charge < -0.3 is 14.7 Å². The number of fused-ring (bicyclic) bond motifs is 1. The molecule has 2 rings (SSSR count). The number of hydrogen-bond donors (Lipinski definition) is 1. The number of benzene rings is 1. The van der Waals surface area contributed by atoms with E-state index in [0.717, 1.165) is 11.3 Å². The minimum Gasteiger partial charge on any atom is -0.488 e. The lowest BCUT2D eigenvalue weighted by atomic mass is 10.1. The molecule has 0 atom stereocenters. The van der Waals surface area contributed by atoms with E-state index < -0.39 is 5.97 Å². The number of ether oxygens (including phenoxy) is 1. The summed E-state index contributed by atoms with van der Waals surface area (Å²) in [6, 6.07) is 7.47. The highest BCUT2D eigenvalue weighted by atomic mass is 16.5. The first-order chi connectivity index (χ1) is 9.08. The number of nitrogens with zero attached hydrogens (tertiary/aromatic N) is 1. The summed E-state index contributed by atoms with van der Waals surface area (Å²) in [5.41, 5.74) is 1.40. The van der Waals surface area contributed by atoms with Crippen LogP contribution in [0.2, 0.25) is 0 Å². The number of hydrogen-bond acceptors (Lipinski definition) is 3. The third kappa shape index (κ3) is 3.13. The lowest BCUT2D eigenvalue weighted by Gasteiger charge is -2.22. The van der Waals surface area contributed by atoms with Crippen LogP contribution in [0.1, 0.15) is 12.0 Å². The molecule has 0 bridgehead atoms. The molecule has 1 aliphatic rings. The standard InChI is InChI=1S/C14H15NO4/c1-15(7-6-13(16)17)14(18)11-8-10-4-2-3-5-12(10)19-9-11/h2-5,8H,6-7,9H2,1H3,(H,16,17). The van der Waals surface area contributed by atoms with Crippen molar-refractivity contribution in [1.82, 2.24) is 4.90 Å². The maximum Gasteiger partial charge on any atom is 0.305 e. The summed E-state index contributed by atoms with van der Waals surface area (Å²) in [7, 11) is 1.59. The third-order valence-electron chi connectivity index (χ3n) is 2.91. The smallest absolute Gasteiger partial charge is 0.305 e. The Bertz CT molecular complexity index is 536. The summed E-state index contributed by atoms with van der Waals surface area (Å²) in [6.07, 6.45) is 1.73. The Hall–Kier alpha value is -2.30. The molecule has 0 saturated heterocycles. The summed E-state index contributed by atoms with van der Waals surface area (Å²) in [5.74, 6) is -0.359. The largest absolute Gasteiger partial charge is 0.488 e. The molecule has 5 nitrogen and oxygen atoms in total. The molecule has 1 aromatic rings. The average Bonchev–Trinajstić information content (AvgIpc) is 2.43. The molecule has 1 heterocycles. The SMILES string of the molecule is CN(CCC(=O)O)C(=O)C1=Cc2ccccc2OC1. The van der Waals surface area contributed by atoms with Gasteiger partial charge in [0.15, 0.2) is 0 Å². The Morgan fingerprint density at radius 2 is 2.11 bits per heavy atom. The zero-order valence-electron chi connectivity index (χ0n) is 10.6. The van der Waals surface area contributed by atoms with Gasteiger partial charge in [0.05, 0.1) is 12.0 Å². The Morgan fingerprint density at radius 1 is 1.37 bits per heavy atom. The van der Waals surface area contributed by atoms with Crippen molar-refractivity contribution in [2.75, 3.05) is 20.2 Å². The zero-order valence-corrected chi connectivity index (χ0v) is 10.6. The number of amides is 1. The fourth-order valence-electron chi connectivity index (χ4n) is 1.85. The van der Waals surface area contributed by atoms with Gasteiger partial charge >= 0.3 is 5.97 Å². The van der Waals surface area contributed by atoms with Gasteiger partial charge in [0, 0.05) is 19.2 Å². The zero-order chi connectivity index (χ0) is 13.8. The van der Waals surface area contributed by atoms with Crippen LogP contribution in [-0.4, -0.2) is 42.1 Å². The predicted molar refractivity (Wildman–Crippen MR) is 69.8 cm³/mol. The van der Waals surface area contributed by atoms with E-state index in [1.807, 2.05) is 24.3 Å². The van der Waals surface area contributed by atoms with Gasteiger partial charge in [0.25, 0.3) is 5.91 Å². The molecule has 5 heteroatoms. The average molecular weight is 261 g/mol. The van der Waals surface area contributed by atoms with E-state index in [4.69, 9.17) is 9.84 Å². The van der Waals surface area contributed by atoms with Gasteiger partial charge in [-0.2, -0.15) is 0 Å². The summed E-state index contributed by atoms with van der Waals surface area (Å²) in [6.45, 7) is 0.403. The molecule has 1 N–H and O–H groups in total. The highest BCUT2D eigenvalue weighted by molar-refractivity contribution is 5.99. The normalized spacial score (nSPS) is 13.0. The first-order valence-corrected chi connectivity index (χ1v) is 5.97. The molecule has 19 heavy (non-hydrogen) atoms. The molecule has 100 valence electrons. The fraction of sp³-hybridized carbons (Fsp3) is 0.286. The van der Waals surface area contributed by atoms with Crippen molar-refractivity contribution >= 4 is 18.0 Å². The van der Waals surface area contributed by atoms with E-state index in [1.165, 1.54) is 4.90 Å². The van der Waals surface area contributed by atoms with Crippen molar-refractivity contribution in [2.45, 2.75) is 6.42 Å².